The van der Waals surface area contributed by atoms with Crippen LogP contribution in [0.1, 0.15) is 13.3 Å². The van der Waals surface area contributed by atoms with Gasteiger partial charge in [-0.2, -0.15) is 0 Å². The van der Waals surface area contributed by atoms with Crippen LogP contribution in [0.3, 0.4) is 0 Å². The number of carbonyl (C=O) groups excluding carboxylic acids is 1. The van der Waals surface area contributed by atoms with Crippen LogP contribution < -0.4 is 5.32 Å². The first kappa shape index (κ1) is 13.3. The van der Waals surface area contributed by atoms with Crippen LogP contribution in [-0.2, 0) is 17.9 Å². The Hall–Kier alpha value is -2.70. The van der Waals surface area contributed by atoms with Crippen molar-refractivity contribution in [2.45, 2.75) is 26.4 Å². The van der Waals surface area contributed by atoms with Gasteiger partial charge in [0.1, 0.15) is 12.9 Å². The average Bonchev–Trinajstić information content (AvgIpc) is 3.09. The Morgan fingerprint density at radius 3 is 3.00 bits per heavy atom. The standard InChI is InChI=1S/C14H16N6O/c1-2-6-19-7-5-11-3-4-12(8-13(11)19)16-14(21)9-20-10-15-17-18-20/h3-5,7-8,10H,2,6,9H2,1H3,(H,16,21). The van der Waals surface area contributed by atoms with E-state index in [0.717, 1.165) is 24.2 Å². The summed E-state index contributed by atoms with van der Waals surface area (Å²) in [5, 5.41) is 14.7. The third kappa shape index (κ3) is 2.91. The van der Waals surface area contributed by atoms with E-state index in [4.69, 9.17) is 0 Å². The molecular weight excluding hydrogens is 268 g/mol. The van der Waals surface area contributed by atoms with E-state index in [-0.39, 0.29) is 12.5 Å². The smallest absolute Gasteiger partial charge is 0.246 e. The quantitative estimate of drug-likeness (QED) is 0.773. The molecule has 0 bridgehead atoms. The number of rotatable bonds is 5. The summed E-state index contributed by atoms with van der Waals surface area (Å²) in [5.74, 6) is -0.157. The lowest BCUT2D eigenvalue weighted by Crippen LogP contribution is -2.19. The van der Waals surface area contributed by atoms with Gasteiger partial charge in [0, 0.05) is 18.4 Å². The fraction of sp³-hybridized carbons (Fsp3) is 0.286. The Bertz CT molecular complexity index is 746. The van der Waals surface area contributed by atoms with Gasteiger partial charge < -0.3 is 9.88 Å². The number of nitrogens with zero attached hydrogens (tertiary/aromatic N) is 5. The molecule has 7 heteroatoms. The van der Waals surface area contributed by atoms with Gasteiger partial charge in [-0.3, -0.25) is 4.79 Å². The van der Waals surface area contributed by atoms with Crippen molar-refractivity contribution < 1.29 is 4.79 Å². The van der Waals surface area contributed by atoms with Crippen LogP contribution in [0.2, 0.25) is 0 Å². The minimum Gasteiger partial charge on any atom is -0.347 e. The van der Waals surface area contributed by atoms with E-state index in [9.17, 15) is 4.79 Å². The highest BCUT2D eigenvalue weighted by molar-refractivity contribution is 5.93. The summed E-state index contributed by atoms with van der Waals surface area (Å²) < 4.78 is 3.57. The SMILES string of the molecule is CCCn1ccc2ccc(NC(=O)Cn3cnnn3)cc21. The third-order valence-corrected chi connectivity index (χ3v) is 3.22. The fourth-order valence-electron chi connectivity index (χ4n) is 2.30. The summed E-state index contributed by atoms with van der Waals surface area (Å²) in [7, 11) is 0. The molecule has 2 aromatic heterocycles. The Balaban J connectivity index is 1.77. The molecule has 0 spiro atoms. The van der Waals surface area contributed by atoms with Gasteiger partial charge in [-0.15, -0.1) is 5.10 Å². The predicted molar refractivity (Wildman–Crippen MR) is 78.7 cm³/mol. The second-order valence-electron chi connectivity index (χ2n) is 4.84. The van der Waals surface area contributed by atoms with Crippen LogP contribution in [-0.4, -0.2) is 30.7 Å². The molecule has 3 rings (SSSR count). The highest BCUT2D eigenvalue weighted by atomic mass is 16.2. The molecule has 1 amide bonds. The van der Waals surface area contributed by atoms with Crippen molar-refractivity contribution in [1.82, 2.24) is 24.8 Å². The first-order valence-corrected chi connectivity index (χ1v) is 6.86. The molecule has 21 heavy (non-hydrogen) atoms. The number of hydrogen-bond acceptors (Lipinski definition) is 4. The van der Waals surface area contributed by atoms with Gasteiger partial charge >= 0.3 is 0 Å². The van der Waals surface area contributed by atoms with Crippen molar-refractivity contribution in [2.24, 2.45) is 0 Å². The van der Waals surface area contributed by atoms with Gasteiger partial charge in [0.2, 0.25) is 5.91 Å². The highest BCUT2D eigenvalue weighted by Gasteiger charge is 2.07. The normalized spacial score (nSPS) is 10.9. The molecule has 0 aliphatic rings. The number of amides is 1. The number of carbonyl (C=O) groups is 1. The molecular formula is C14H16N6O. The maximum Gasteiger partial charge on any atom is 0.246 e. The molecule has 0 saturated heterocycles. The van der Waals surface area contributed by atoms with Gasteiger partial charge in [-0.1, -0.05) is 13.0 Å². The van der Waals surface area contributed by atoms with Crippen LogP contribution in [0.25, 0.3) is 10.9 Å². The Morgan fingerprint density at radius 2 is 2.24 bits per heavy atom. The molecule has 3 aromatic rings. The van der Waals surface area contributed by atoms with Crippen LogP contribution in [0.5, 0.6) is 0 Å². The summed E-state index contributed by atoms with van der Waals surface area (Å²) in [6.07, 6.45) is 4.55. The van der Waals surface area contributed by atoms with Crippen LogP contribution in [0, 0.1) is 0 Å². The molecule has 0 aliphatic carbocycles. The van der Waals surface area contributed by atoms with E-state index in [1.54, 1.807) is 0 Å². The van der Waals surface area contributed by atoms with E-state index in [0.29, 0.717) is 0 Å². The number of hydrogen-bond donors (Lipinski definition) is 1. The summed E-state index contributed by atoms with van der Waals surface area (Å²) in [6.45, 7) is 3.20. The van der Waals surface area contributed by atoms with Crippen molar-refractivity contribution in [3.8, 4) is 0 Å². The zero-order chi connectivity index (χ0) is 14.7. The monoisotopic (exact) mass is 284 g/mol. The molecule has 7 nitrogen and oxygen atoms in total. The van der Waals surface area contributed by atoms with Crippen molar-refractivity contribution in [3.63, 3.8) is 0 Å². The molecule has 0 radical (unpaired) electrons. The molecule has 1 N–H and O–H groups in total. The zero-order valence-electron chi connectivity index (χ0n) is 11.7. The minimum absolute atomic E-state index is 0.0982. The second-order valence-corrected chi connectivity index (χ2v) is 4.84. The van der Waals surface area contributed by atoms with Crippen molar-refractivity contribution in [2.75, 3.05) is 5.32 Å². The van der Waals surface area contributed by atoms with E-state index >= 15 is 0 Å². The van der Waals surface area contributed by atoms with E-state index < -0.39 is 0 Å². The summed E-state index contributed by atoms with van der Waals surface area (Å²) >= 11 is 0. The third-order valence-electron chi connectivity index (χ3n) is 3.22. The summed E-state index contributed by atoms with van der Waals surface area (Å²) in [6, 6.07) is 7.98. The largest absolute Gasteiger partial charge is 0.347 e. The van der Waals surface area contributed by atoms with Gasteiger partial charge in [0.25, 0.3) is 0 Å². The number of nitrogens with one attached hydrogen (secondary N) is 1. The molecule has 2 heterocycles. The van der Waals surface area contributed by atoms with Gasteiger partial charge in [-0.25, -0.2) is 4.68 Å². The van der Waals surface area contributed by atoms with Gasteiger partial charge in [-0.05, 0) is 40.4 Å². The van der Waals surface area contributed by atoms with Crippen molar-refractivity contribution in [1.29, 1.82) is 0 Å². The molecule has 0 saturated carbocycles. The number of aromatic nitrogens is 5. The lowest BCUT2D eigenvalue weighted by atomic mass is 10.2. The van der Waals surface area contributed by atoms with E-state index in [1.807, 2.05) is 18.2 Å². The topological polar surface area (TPSA) is 77.6 Å². The van der Waals surface area contributed by atoms with Gasteiger partial charge in [0.05, 0.1) is 5.52 Å². The van der Waals surface area contributed by atoms with Crippen LogP contribution in [0.4, 0.5) is 5.69 Å². The molecule has 108 valence electrons. The Kier molecular flexibility index (Phi) is 3.63. The zero-order valence-corrected chi connectivity index (χ0v) is 11.7. The highest BCUT2D eigenvalue weighted by Crippen LogP contribution is 2.21. The van der Waals surface area contributed by atoms with Crippen LogP contribution >= 0.6 is 0 Å². The van der Waals surface area contributed by atoms with Gasteiger partial charge in [0.15, 0.2) is 0 Å². The van der Waals surface area contributed by atoms with Crippen molar-refractivity contribution in [3.05, 3.63) is 36.8 Å². The molecule has 0 fully saturated rings. The molecule has 0 atom stereocenters. The molecule has 0 unspecified atom stereocenters. The predicted octanol–water partition coefficient (Wildman–Crippen LogP) is 1.68. The Morgan fingerprint density at radius 1 is 1.33 bits per heavy atom. The number of fused-ring (bicyclic) bond motifs is 1. The van der Waals surface area contributed by atoms with E-state index in [1.165, 1.54) is 16.4 Å². The molecule has 1 aromatic carbocycles. The lowest BCUT2D eigenvalue weighted by molar-refractivity contribution is -0.116. The minimum atomic E-state index is -0.157. The first-order chi connectivity index (χ1) is 10.3. The average molecular weight is 284 g/mol. The van der Waals surface area contributed by atoms with Crippen molar-refractivity contribution >= 4 is 22.5 Å². The maximum absolute atomic E-state index is 11.9. The lowest BCUT2D eigenvalue weighted by Gasteiger charge is -2.07. The maximum atomic E-state index is 11.9. The van der Waals surface area contributed by atoms with Crippen LogP contribution in [0.15, 0.2) is 36.8 Å². The second kappa shape index (κ2) is 5.74. The fourth-order valence-corrected chi connectivity index (χ4v) is 2.30. The summed E-state index contributed by atoms with van der Waals surface area (Å²) in [5.41, 5.74) is 1.90. The first-order valence-electron chi connectivity index (χ1n) is 6.86. The number of aryl methyl sites for hydroxylation is 1. The number of benzene rings is 1. The van der Waals surface area contributed by atoms with E-state index in [2.05, 4.69) is 44.6 Å². The summed E-state index contributed by atoms with van der Waals surface area (Å²) in [4.78, 5) is 11.9. The number of tetrazole rings is 1. The number of anilines is 1. The molecule has 0 aliphatic heterocycles. The Labute approximate surface area is 121 Å².